The molecule has 1 aliphatic carbocycles. The van der Waals surface area contributed by atoms with Gasteiger partial charge in [-0.05, 0) is 44.2 Å². The van der Waals surface area contributed by atoms with Crippen LogP contribution in [0.1, 0.15) is 62.9 Å². The normalized spacial score (nSPS) is 20.3. The Hall–Kier alpha value is -0.450. The highest BCUT2D eigenvalue weighted by molar-refractivity contribution is 7.09. The van der Waals surface area contributed by atoms with Crippen LogP contribution in [0.15, 0.2) is 11.6 Å². The van der Waals surface area contributed by atoms with Crippen molar-refractivity contribution in [3.05, 3.63) is 16.6 Å². The highest BCUT2D eigenvalue weighted by atomic mass is 32.1. The monoisotopic (exact) mass is 281 g/mol. The first kappa shape index (κ1) is 14.9. The zero-order chi connectivity index (χ0) is 13.6. The van der Waals surface area contributed by atoms with Crippen LogP contribution in [0, 0.1) is 5.41 Å². The van der Waals surface area contributed by atoms with Crippen molar-refractivity contribution in [3.63, 3.8) is 0 Å². The van der Waals surface area contributed by atoms with Crippen LogP contribution in [0.4, 0.5) is 0 Å². The van der Waals surface area contributed by atoms with Gasteiger partial charge >= 0.3 is 0 Å². The SMILES string of the molecule is CCC(NCCC1(CN)CCCCC1)c1nccs1. The van der Waals surface area contributed by atoms with E-state index in [0.717, 1.165) is 19.5 Å². The van der Waals surface area contributed by atoms with E-state index < -0.39 is 0 Å². The Morgan fingerprint density at radius 1 is 1.42 bits per heavy atom. The lowest BCUT2D eigenvalue weighted by atomic mass is 9.72. The molecule has 1 unspecified atom stereocenters. The van der Waals surface area contributed by atoms with Gasteiger partial charge in [-0.15, -0.1) is 11.3 Å². The molecule has 108 valence electrons. The molecule has 1 aromatic heterocycles. The maximum atomic E-state index is 6.04. The molecule has 0 amide bonds. The lowest BCUT2D eigenvalue weighted by molar-refractivity contribution is 0.179. The molecule has 0 aliphatic heterocycles. The molecule has 1 heterocycles. The van der Waals surface area contributed by atoms with Crippen molar-refractivity contribution in [3.8, 4) is 0 Å². The molecule has 3 nitrogen and oxygen atoms in total. The zero-order valence-electron chi connectivity index (χ0n) is 12.0. The van der Waals surface area contributed by atoms with Crippen LogP contribution in [-0.4, -0.2) is 18.1 Å². The number of aromatic nitrogens is 1. The van der Waals surface area contributed by atoms with Gasteiger partial charge in [-0.1, -0.05) is 26.2 Å². The first-order valence-corrected chi connectivity index (χ1v) is 8.50. The summed E-state index contributed by atoms with van der Waals surface area (Å²) in [4.78, 5) is 4.42. The number of hydrogen-bond acceptors (Lipinski definition) is 4. The average Bonchev–Trinajstić information content (AvgIpc) is 2.99. The van der Waals surface area contributed by atoms with E-state index in [1.54, 1.807) is 11.3 Å². The molecule has 0 bridgehead atoms. The van der Waals surface area contributed by atoms with Gasteiger partial charge in [0.2, 0.25) is 0 Å². The summed E-state index contributed by atoms with van der Waals surface area (Å²) in [6.07, 6.45) is 11.0. The fourth-order valence-electron chi connectivity index (χ4n) is 3.18. The van der Waals surface area contributed by atoms with Crippen molar-refractivity contribution in [2.45, 2.75) is 57.9 Å². The second-order valence-corrected chi connectivity index (χ2v) is 6.73. The Morgan fingerprint density at radius 2 is 2.21 bits per heavy atom. The number of nitrogens with two attached hydrogens (primary N) is 1. The zero-order valence-corrected chi connectivity index (χ0v) is 12.8. The van der Waals surface area contributed by atoms with Gasteiger partial charge in [-0.2, -0.15) is 0 Å². The maximum Gasteiger partial charge on any atom is 0.109 e. The van der Waals surface area contributed by atoms with Gasteiger partial charge in [0.05, 0.1) is 6.04 Å². The fraction of sp³-hybridized carbons (Fsp3) is 0.800. The van der Waals surface area contributed by atoms with Crippen molar-refractivity contribution >= 4 is 11.3 Å². The molecule has 1 saturated carbocycles. The van der Waals surface area contributed by atoms with Crippen molar-refractivity contribution in [1.29, 1.82) is 0 Å². The quantitative estimate of drug-likeness (QED) is 0.804. The van der Waals surface area contributed by atoms with E-state index >= 15 is 0 Å². The molecule has 0 aromatic carbocycles. The molecular weight excluding hydrogens is 254 g/mol. The highest BCUT2D eigenvalue weighted by Gasteiger charge is 2.30. The van der Waals surface area contributed by atoms with Crippen LogP contribution >= 0.6 is 11.3 Å². The Balaban J connectivity index is 1.81. The van der Waals surface area contributed by atoms with Crippen molar-refractivity contribution in [1.82, 2.24) is 10.3 Å². The largest absolute Gasteiger partial charge is 0.330 e. The molecule has 0 radical (unpaired) electrons. The molecule has 3 N–H and O–H groups in total. The molecule has 1 atom stereocenters. The van der Waals surface area contributed by atoms with Gasteiger partial charge < -0.3 is 11.1 Å². The maximum absolute atomic E-state index is 6.04. The minimum Gasteiger partial charge on any atom is -0.330 e. The van der Waals surface area contributed by atoms with Gasteiger partial charge in [0.15, 0.2) is 0 Å². The van der Waals surface area contributed by atoms with Gasteiger partial charge in [0.25, 0.3) is 0 Å². The fourth-order valence-corrected chi connectivity index (χ4v) is 3.98. The lowest BCUT2D eigenvalue weighted by Crippen LogP contribution is -2.36. The van der Waals surface area contributed by atoms with Crippen LogP contribution in [0.5, 0.6) is 0 Å². The van der Waals surface area contributed by atoms with Crippen molar-refractivity contribution in [2.75, 3.05) is 13.1 Å². The summed E-state index contributed by atoms with van der Waals surface area (Å²) in [6.45, 7) is 4.14. The van der Waals surface area contributed by atoms with E-state index in [4.69, 9.17) is 5.73 Å². The van der Waals surface area contributed by atoms with Crippen molar-refractivity contribution in [2.24, 2.45) is 11.1 Å². The number of nitrogens with zero attached hydrogens (tertiary/aromatic N) is 1. The van der Waals surface area contributed by atoms with Crippen molar-refractivity contribution < 1.29 is 0 Å². The molecule has 1 aliphatic rings. The predicted molar refractivity (Wildman–Crippen MR) is 82.3 cm³/mol. The summed E-state index contributed by atoms with van der Waals surface area (Å²) in [5.74, 6) is 0. The standard InChI is InChI=1S/C15H27N3S/c1-2-13(14-18-10-11-19-14)17-9-8-15(12-16)6-4-3-5-7-15/h10-11,13,17H,2-9,12,16H2,1H3. The molecular formula is C15H27N3S. The number of thiazole rings is 1. The number of rotatable bonds is 7. The van der Waals surface area contributed by atoms with Crippen LogP contribution < -0.4 is 11.1 Å². The first-order chi connectivity index (χ1) is 9.29. The van der Waals surface area contributed by atoms with Gasteiger partial charge in [-0.3, -0.25) is 0 Å². The van der Waals surface area contributed by atoms with Crippen LogP contribution in [0.2, 0.25) is 0 Å². The van der Waals surface area contributed by atoms with Crippen LogP contribution in [0.3, 0.4) is 0 Å². The Kier molecular flexibility index (Phi) is 5.79. The second-order valence-electron chi connectivity index (χ2n) is 5.80. The summed E-state index contributed by atoms with van der Waals surface area (Å²) in [5, 5.41) is 6.94. The van der Waals surface area contributed by atoms with E-state index in [0.29, 0.717) is 11.5 Å². The number of hydrogen-bond donors (Lipinski definition) is 2. The minimum absolute atomic E-state index is 0.409. The van der Waals surface area contributed by atoms with Gasteiger partial charge in [-0.25, -0.2) is 4.98 Å². The van der Waals surface area contributed by atoms with E-state index in [2.05, 4.69) is 22.6 Å². The highest BCUT2D eigenvalue weighted by Crippen LogP contribution is 2.38. The predicted octanol–water partition coefficient (Wildman–Crippen LogP) is 3.48. The molecule has 0 saturated heterocycles. The molecule has 2 rings (SSSR count). The molecule has 4 heteroatoms. The smallest absolute Gasteiger partial charge is 0.109 e. The summed E-state index contributed by atoms with van der Waals surface area (Å²) in [7, 11) is 0. The van der Waals surface area contributed by atoms with E-state index in [9.17, 15) is 0 Å². The van der Waals surface area contributed by atoms with Gasteiger partial charge in [0, 0.05) is 11.6 Å². The molecule has 1 aromatic rings. The minimum atomic E-state index is 0.409. The third-order valence-electron chi connectivity index (χ3n) is 4.55. The van der Waals surface area contributed by atoms with Gasteiger partial charge in [0.1, 0.15) is 5.01 Å². The Bertz CT molecular complexity index is 344. The van der Waals surface area contributed by atoms with Crippen LogP contribution in [-0.2, 0) is 0 Å². The molecule has 1 fully saturated rings. The van der Waals surface area contributed by atoms with E-state index in [-0.39, 0.29) is 0 Å². The summed E-state index contributed by atoms with van der Waals surface area (Å²) >= 11 is 1.75. The number of nitrogens with one attached hydrogen (secondary N) is 1. The summed E-state index contributed by atoms with van der Waals surface area (Å²) in [6, 6.07) is 0.415. The first-order valence-electron chi connectivity index (χ1n) is 7.62. The van der Waals surface area contributed by atoms with Crippen LogP contribution in [0.25, 0.3) is 0 Å². The lowest BCUT2D eigenvalue weighted by Gasteiger charge is -2.36. The third kappa shape index (κ3) is 4.01. The topological polar surface area (TPSA) is 50.9 Å². The Labute approximate surface area is 121 Å². The average molecular weight is 281 g/mol. The molecule has 19 heavy (non-hydrogen) atoms. The van der Waals surface area contributed by atoms with E-state index in [1.165, 1.54) is 43.5 Å². The second kappa shape index (κ2) is 7.36. The third-order valence-corrected chi connectivity index (χ3v) is 5.44. The summed E-state index contributed by atoms with van der Waals surface area (Å²) < 4.78 is 0. The Morgan fingerprint density at radius 3 is 2.79 bits per heavy atom. The molecule has 0 spiro atoms. The summed E-state index contributed by atoms with van der Waals surface area (Å²) in [5.41, 5.74) is 6.45. The van der Waals surface area contributed by atoms with E-state index in [1.807, 2.05) is 6.20 Å².